The lowest BCUT2D eigenvalue weighted by atomic mass is 10.2. The van der Waals surface area contributed by atoms with Gasteiger partial charge in [-0.1, -0.05) is 39.0 Å². The molecule has 0 bridgehead atoms. The Morgan fingerprint density at radius 1 is 1.11 bits per heavy atom. The second-order valence-corrected chi connectivity index (χ2v) is 12.6. The third kappa shape index (κ3) is 7.13. The average Bonchev–Trinajstić information content (AvgIpc) is 3.19. The number of thiazole rings is 1. The van der Waals surface area contributed by atoms with Crippen LogP contribution in [0.25, 0.3) is 10.2 Å². The maximum absolute atomic E-state index is 13.3. The van der Waals surface area contributed by atoms with Crippen molar-refractivity contribution in [2.75, 3.05) is 26.3 Å². The van der Waals surface area contributed by atoms with Gasteiger partial charge in [-0.2, -0.15) is 9.30 Å². The molecule has 0 atom stereocenters. The van der Waals surface area contributed by atoms with E-state index in [0.29, 0.717) is 47.9 Å². The van der Waals surface area contributed by atoms with E-state index in [0.717, 1.165) is 0 Å². The molecule has 12 heteroatoms. The first-order valence-corrected chi connectivity index (χ1v) is 14.7. The van der Waals surface area contributed by atoms with Gasteiger partial charge >= 0.3 is 0 Å². The third-order valence-corrected chi connectivity index (χ3v) is 8.50. The van der Waals surface area contributed by atoms with Crippen LogP contribution in [-0.2, 0) is 21.3 Å². The minimum absolute atomic E-state index is 0.0469. The lowest BCUT2D eigenvalue weighted by Gasteiger charge is -2.25. The van der Waals surface area contributed by atoms with Gasteiger partial charge < -0.3 is 9.30 Å². The molecule has 3 rings (SSSR count). The van der Waals surface area contributed by atoms with Gasteiger partial charge in [0.05, 0.1) is 26.6 Å². The Kier molecular flexibility index (Phi) is 9.94. The lowest BCUT2D eigenvalue weighted by Crippen LogP contribution is -2.37. The SMILES string of the molecule is CCOCCn1c(=NC(=O)c2ccc(S(=O)(=O)N(CC(C)C)CC(C)C)cc2)sc2cc([N+](=O)[O-])ccc21. The van der Waals surface area contributed by atoms with Gasteiger partial charge in [0.1, 0.15) is 0 Å². The van der Waals surface area contributed by atoms with Gasteiger partial charge in [-0.05, 0) is 49.1 Å². The van der Waals surface area contributed by atoms with Crippen LogP contribution in [0.15, 0.2) is 52.4 Å². The average molecular weight is 563 g/mol. The van der Waals surface area contributed by atoms with E-state index in [2.05, 4.69) is 4.99 Å². The fraction of sp³-hybridized carbons (Fsp3) is 0.462. The first-order chi connectivity index (χ1) is 17.9. The van der Waals surface area contributed by atoms with Gasteiger partial charge in [-0.25, -0.2) is 8.42 Å². The van der Waals surface area contributed by atoms with Crippen LogP contribution in [0.1, 0.15) is 45.0 Å². The van der Waals surface area contributed by atoms with Crippen molar-refractivity contribution in [3.63, 3.8) is 0 Å². The number of aromatic nitrogens is 1. The largest absolute Gasteiger partial charge is 0.380 e. The molecule has 2 aromatic carbocycles. The summed E-state index contributed by atoms with van der Waals surface area (Å²) in [5, 5.41) is 11.2. The number of ether oxygens (including phenoxy) is 1. The minimum atomic E-state index is -3.72. The third-order valence-electron chi connectivity index (χ3n) is 5.61. The Labute approximate surface area is 226 Å². The quantitative estimate of drug-likeness (QED) is 0.179. The van der Waals surface area contributed by atoms with Gasteiger partial charge in [0, 0.05) is 43.9 Å². The zero-order chi connectivity index (χ0) is 28.0. The van der Waals surface area contributed by atoms with Crippen molar-refractivity contribution in [1.82, 2.24) is 8.87 Å². The van der Waals surface area contributed by atoms with E-state index in [1.807, 2.05) is 34.6 Å². The Morgan fingerprint density at radius 3 is 2.29 bits per heavy atom. The molecule has 0 saturated carbocycles. The van der Waals surface area contributed by atoms with Crippen molar-refractivity contribution < 1.29 is 22.9 Å². The van der Waals surface area contributed by atoms with Crippen LogP contribution >= 0.6 is 11.3 Å². The molecule has 1 aromatic heterocycles. The van der Waals surface area contributed by atoms with Crippen LogP contribution in [-0.4, -0.2) is 54.4 Å². The predicted octanol–water partition coefficient (Wildman–Crippen LogP) is 4.69. The van der Waals surface area contributed by atoms with Crippen LogP contribution in [0.3, 0.4) is 0 Å². The molecule has 1 amide bonds. The molecule has 0 radical (unpaired) electrons. The monoisotopic (exact) mass is 562 g/mol. The van der Waals surface area contributed by atoms with E-state index >= 15 is 0 Å². The van der Waals surface area contributed by atoms with E-state index in [-0.39, 0.29) is 28.0 Å². The van der Waals surface area contributed by atoms with E-state index in [1.165, 1.54) is 52.0 Å². The molecular weight excluding hydrogens is 528 g/mol. The Morgan fingerprint density at radius 2 is 1.74 bits per heavy atom. The van der Waals surface area contributed by atoms with Crippen molar-refractivity contribution in [3.05, 3.63) is 62.9 Å². The van der Waals surface area contributed by atoms with Crippen molar-refractivity contribution in [3.8, 4) is 0 Å². The van der Waals surface area contributed by atoms with E-state index in [4.69, 9.17) is 4.74 Å². The van der Waals surface area contributed by atoms with E-state index in [9.17, 15) is 23.3 Å². The zero-order valence-corrected chi connectivity index (χ0v) is 23.9. The number of nitro benzene ring substituents is 1. The van der Waals surface area contributed by atoms with E-state index < -0.39 is 20.9 Å². The molecule has 3 aromatic rings. The second kappa shape index (κ2) is 12.7. The molecule has 1 heterocycles. The standard InChI is InChI=1S/C26H34N4O6S2/c1-6-36-14-13-29-23-12-9-21(30(32)33)15-24(23)37-26(29)27-25(31)20-7-10-22(11-8-20)38(34,35)28(16-18(2)3)17-19(4)5/h7-12,15,18-19H,6,13-14,16-17H2,1-5H3. The van der Waals surface area contributed by atoms with Crippen LogP contribution < -0.4 is 4.80 Å². The highest BCUT2D eigenvalue weighted by molar-refractivity contribution is 7.89. The first kappa shape index (κ1) is 29.6. The number of nitrogens with zero attached hydrogens (tertiary/aromatic N) is 4. The van der Waals surface area contributed by atoms with Gasteiger partial charge in [-0.3, -0.25) is 14.9 Å². The topological polar surface area (TPSA) is 124 Å². The molecule has 0 N–H and O–H groups in total. The van der Waals surface area contributed by atoms with Crippen LogP contribution in [0.5, 0.6) is 0 Å². The molecule has 0 aliphatic rings. The molecule has 0 saturated heterocycles. The molecule has 0 aliphatic carbocycles. The normalized spacial score (nSPS) is 12.8. The number of nitro groups is 1. The fourth-order valence-corrected chi connectivity index (χ4v) is 6.79. The summed E-state index contributed by atoms with van der Waals surface area (Å²) in [6, 6.07) is 10.3. The summed E-state index contributed by atoms with van der Waals surface area (Å²) in [7, 11) is -3.72. The van der Waals surface area contributed by atoms with Crippen LogP contribution in [0, 0.1) is 22.0 Å². The molecule has 10 nitrogen and oxygen atoms in total. The molecular formula is C26H34N4O6S2. The number of carbonyl (C=O) groups is 1. The predicted molar refractivity (Wildman–Crippen MR) is 148 cm³/mol. The second-order valence-electron chi connectivity index (χ2n) is 9.69. The lowest BCUT2D eigenvalue weighted by molar-refractivity contribution is -0.384. The minimum Gasteiger partial charge on any atom is -0.380 e. The number of hydrogen-bond donors (Lipinski definition) is 0. The summed E-state index contributed by atoms with van der Waals surface area (Å²) in [6.45, 7) is 11.9. The van der Waals surface area contributed by atoms with Gasteiger partial charge in [0.15, 0.2) is 4.80 Å². The Balaban J connectivity index is 1.96. The van der Waals surface area contributed by atoms with Gasteiger partial charge in [0.25, 0.3) is 11.6 Å². The number of non-ortho nitro benzene ring substituents is 1. The van der Waals surface area contributed by atoms with E-state index in [1.54, 1.807) is 10.6 Å². The highest BCUT2D eigenvalue weighted by Gasteiger charge is 2.26. The summed E-state index contributed by atoms with van der Waals surface area (Å²) in [5.74, 6) is -0.206. The van der Waals surface area contributed by atoms with Crippen LogP contribution in [0.2, 0.25) is 0 Å². The summed E-state index contributed by atoms with van der Waals surface area (Å²) in [4.78, 5) is 28.6. The smallest absolute Gasteiger partial charge is 0.279 e. The highest BCUT2D eigenvalue weighted by atomic mass is 32.2. The summed E-state index contributed by atoms with van der Waals surface area (Å²) in [6.07, 6.45) is 0. The molecule has 0 spiro atoms. The maximum Gasteiger partial charge on any atom is 0.279 e. The number of rotatable bonds is 12. The number of amides is 1. The van der Waals surface area contributed by atoms with Gasteiger partial charge in [-0.15, -0.1) is 0 Å². The number of sulfonamides is 1. The van der Waals surface area contributed by atoms with Crippen LogP contribution in [0.4, 0.5) is 5.69 Å². The Bertz CT molecular complexity index is 1450. The summed E-state index contributed by atoms with van der Waals surface area (Å²) in [5.41, 5.74) is 0.904. The van der Waals surface area contributed by atoms with Crippen molar-refractivity contribution in [2.45, 2.75) is 46.1 Å². The molecule has 206 valence electrons. The highest BCUT2D eigenvalue weighted by Crippen LogP contribution is 2.24. The number of benzene rings is 2. The fourth-order valence-electron chi connectivity index (χ4n) is 3.93. The van der Waals surface area contributed by atoms with Crippen molar-refractivity contribution >= 4 is 43.2 Å². The maximum atomic E-state index is 13.3. The molecule has 0 fully saturated rings. The van der Waals surface area contributed by atoms with Crippen molar-refractivity contribution in [2.24, 2.45) is 16.8 Å². The Hall–Kier alpha value is -2.93. The number of hydrogen-bond acceptors (Lipinski definition) is 7. The summed E-state index contributed by atoms with van der Waals surface area (Å²) >= 11 is 1.17. The number of carbonyl (C=O) groups excluding carboxylic acids is 1. The molecule has 0 unspecified atom stereocenters. The summed E-state index contributed by atoms with van der Waals surface area (Å²) < 4.78 is 35.9. The molecule has 0 aliphatic heterocycles. The molecule has 38 heavy (non-hydrogen) atoms. The van der Waals surface area contributed by atoms with Gasteiger partial charge in [0.2, 0.25) is 10.0 Å². The number of fused-ring (bicyclic) bond motifs is 1. The zero-order valence-electron chi connectivity index (χ0n) is 22.3. The van der Waals surface area contributed by atoms with Crippen molar-refractivity contribution in [1.29, 1.82) is 0 Å². The first-order valence-electron chi connectivity index (χ1n) is 12.5.